The first-order valence-electron chi connectivity index (χ1n) is 7.21. The molecule has 0 saturated carbocycles. The summed E-state index contributed by atoms with van der Waals surface area (Å²) in [6, 6.07) is 5.68. The summed E-state index contributed by atoms with van der Waals surface area (Å²) in [4.78, 5) is 0. The predicted octanol–water partition coefficient (Wildman–Crippen LogP) is 3.59. The third-order valence-corrected chi connectivity index (χ3v) is 4.15. The Labute approximate surface area is 134 Å². The SMILES string of the molecule is CCc1nnc(C[Si]COC(C)c2ccc(C(F)(F)F)cc2)o1. The van der Waals surface area contributed by atoms with E-state index in [0.717, 1.165) is 12.1 Å². The first-order chi connectivity index (χ1) is 10.9. The highest BCUT2D eigenvalue weighted by atomic mass is 28.2. The zero-order chi connectivity index (χ0) is 16.9. The van der Waals surface area contributed by atoms with Crippen molar-refractivity contribution in [1.82, 2.24) is 10.2 Å². The van der Waals surface area contributed by atoms with E-state index in [-0.39, 0.29) is 6.10 Å². The van der Waals surface area contributed by atoms with Crippen LogP contribution in [-0.2, 0) is 23.4 Å². The minimum Gasteiger partial charge on any atom is -0.426 e. The van der Waals surface area contributed by atoms with Crippen LogP contribution in [0.4, 0.5) is 13.2 Å². The van der Waals surface area contributed by atoms with Gasteiger partial charge in [-0.3, -0.25) is 0 Å². The third kappa shape index (κ3) is 5.17. The van der Waals surface area contributed by atoms with Crippen molar-refractivity contribution in [3.05, 3.63) is 47.2 Å². The number of ether oxygens (including phenoxy) is 1. The van der Waals surface area contributed by atoms with Crippen LogP contribution in [-0.4, -0.2) is 25.9 Å². The molecular weight excluding hydrogens is 325 g/mol. The molecule has 2 radical (unpaired) electrons. The Morgan fingerprint density at radius 2 is 1.83 bits per heavy atom. The standard InChI is InChI=1S/C15H17F3N2O2Si/c1-3-13-19-20-14(22-13)8-23-9-21-10(2)11-4-6-12(7-5-11)15(16,17)18/h4-7,10H,3,8-9H2,1-2H3. The molecule has 1 heterocycles. The Kier molecular flexibility index (Phi) is 5.95. The van der Waals surface area contributed by atoms with Crippen LogP contribution >= 0.6 is 0 Å². The predicted molar refractivity (Wildman–Crippen MR) is 78.9 cm³/mol. The molecule has 0 spiro atoms. The van der Waals surface area contributed by atoms with Gasteiger partial charge in [-0.05, 0) is 24.6 Å². The number of rotatable bonds is 7. The van der Waals surface area contributed by atoms with Crippen molar-refractivity contribution in [2.24, 2.45) is 0 Å². The maximum atomic E-state index is 12.5. The summed E-state index contributed by atoms with van der Waals surface area (Å²) in [5.74, 6) is 1.20. The summed E-state index contributed by atoms with van der Waals surface area (Å²) in [6.07, 6.45) is -3.38. The second kappa shape index (κ2) is 7.74. The number of aromatic nitrogens is 2. The van der Waals surface area contributed by atoms with Crippen LogP contribution < -0.4 is 0 Å². The van der Waals surface area contributed by atoms with Crippen LogP contribution in [0, 0.1) is 0 Å². The number of hydrogen-bond acceptors (Lipinski definition) is 4. The first kappa shape index (κ1) is 17.7. The normalized spacial score (nSPS) is 13.3. The van der Waals surface area contributed by atoms with Crippen LogP contribution in [0.1, 0.15) is 42.9 Å². The number of benzene rings is 1. The highest BCUT2D eigenvalue weighted by molar-refractivity contribution is 6.34. The Hall–Kier alpha value is -1.67. The largest absolute Gasteiger partial charge is 0.426 e. The van der Waals surface area contributed by atoms with Crippen LogP contribution in [0.25, 0.3) is 0 Å². The maximum Gasteiger partial charge on any atom is 0.416 e. The van der Waals surface area contributed by atoms with E-state index in [9.17, 15) is 13.2 Å². The molecule has 1 aromatic carbocycles. The molecule has 0 aliphatic rings. The topological polar surface area (TPSA) is 48.2 Å². The van der Waals surface area contributed by atoms with Gasteiger partial charge in [-0.2, -0.15) is 13.2 Å². The number of halogens is 3. The molecule has 1 atom stereocenters. The van der Waals surface area contributed by atoms with Gasteiger partial charge in [0.1, 0.15) is 0 Å². The van der Waals surface area contributed by atoms with E-state index in [1.54, 1.807) is 0 Å². The van der Waals surface area contributed by atoms with Gasteiger partial charge in [0.15, 0.2) is 0 Å². The molecule has 124 valence electrons. The van der Waals surface area contributed by atoms with Crippen molar-refractivity contribution >= 4 is 9.52 Å². The Morgan fingerprint density at radius 1 is 1.17 bits per heavy atom. The Morgan fingerprint density at radius 3 is 2.39 bits per heavy atom. The monoisotopic (exact) mass is 342 g/mol. The summed E-state index contributed by atoms with van der Waals surface area (Å²) in [7, 11) is 0.452. The van der Waals surface area contributed by atoms with Crippen molar-refractivity contribution in [3.8, 4) is 0 Å². The highest BCUT2D eigenvalue weighted by Gasteiger charge is 2.30. The quantitative estimate of drug-likeness (QED) is 0.570. The van der Waals surface area contributed by atoms with Gasteiger partial charge in [0, 0.05) is 18.7 Å². The Bertz CT molecular complexity index is 614. The van der Waals surface area contributed by atoms with Gasteiger partial charge in [0.25, 0.3) is 0 Å². The average Bonchev–Trinajstić information content (AvgIpc) is 2.98. The number of aryl methyl sites for hydroxylation is 1. The lowest BCUT2D eigenvalue weighted by Gasteiger charge is -2.14. The highest BCUT2D eigenvalue weighted by Crippen LogP contribution is 2.30. The molecule has 2 aromatic rings. The van der Waals surface area contributed by atoms with Crippen LogP contribution in [0.5, 0.6) is 0 Å². The van der Waals surface area contributed by atoms with Crippen LogP contribution in [0.3, 0.4) is 0 Å². The molecular formula is C15H17F3N2O2Si. The van der Waals surface area contributed by atoms with Gasteiger partial charge in [-0.25, -0.2) is 0 Å². The van der Waals surface area contributed by atoms with Gasteiger partial charge in [0.05, 0.1) is 21.2 Å². The number of alkyl halides is 3. The lowest BCUT2D eigenvalue weighted by molar-refractivity contribution is -0.137. The molecule has 0 aliphatic carbocycles. The average molecular weight is 342 g/mol. The minimum atomic E-state index is -4.31. The molecule has 4 nitrogen and oxygen atoms in total. The maximum absolute atomic E-state index is 12.5. The molecule has 8 heteroatoms. The Balaban J connectivity index is 1.77. The van der Waals surface area contributed by atoms with Crippen molar-refractivity contribution < 1.29 is 22.3 Å². The van der Waals surface area contributed by atoms with Crippen molar-refractivity contribution in [2.75, 3.05) is 6.23 Å². The zero-order valence-electron chi connectivity index (χ0n) is 12.9. The second-order valence-electron chi connectivity index (χ2n) is 4.94. The first-order valence-corrected chi connectivity index (χ1v) is 8.62. The summed E-state index contributed by atoms with van der Waals surface area (Å²) in [6.45, 7) is 3.75. The summed E-state index contributed by atoms with van der Waals surface area (Å²) < 4.78 is 48.6. The van der Waals surface area contributed by atoms with Crippen LogP contribution in [0.2, 0.25) is 0 Å². The molecule has 0 N–H and O–H groups in total. The molecule has 23 heavy (non-hydrogen) atoms. The fourth-order valence-corrected chi connectivity index (χ4v) is 2.71. The van der Waals surface area contributed by atoms with E-state index in [2.05, 4.69) is 10.2 Å². The lowest BCUT2D eigenvalue weighted by Crippen LogP contribution is -2.11. The van der Waals surface area contributed by atoms with E-state index >= 15 is 0 Å². The summed E-state index contributed by atoms with van der Waals surface area (Å²) >= 11 is 0. The minimum absolute atomic E-state index is 0.265. The second-order valence-corrected chi connectivity index (χ2v) is 6.09. The summed E-state index contributed by atoms with van der Waals surface area (Å²) in [5, 5.41) is 7.80. The van der Waals surface area contributed by atoms with Crippen molar-refractivity contribution in [3.63, 3.8) is 0 Å². The zero-order valence-corrected chi connectivity index (χ0v) is 13.9. The van der Waals surface area contributed by atoms with E-state index < -0.39 is 11.7 Å². The van der Waals surface area contributed by atoms with E-state index in [1.807, 2.05) is 13.8 Å². The lowest BCUT2D eigenvalue weighted by atomic mass is 10.1. The smallest absolute Gasteiger partial charge is 0.416 e. The van der Waals surface area contributed by atoms with Gasteiger partial charge in [-0.1, -0.05) is 19.1 Å². The molecule has 0 aliphatic heterocycles. The number of nitrogens with zero attached hydrogens (tertiary/aromatic N) is 2. The van der Waals surface area contributed by atoms with Crippen LogP contribution in [0.15, 0.2) is 28.7 Å². The molecule has 1 unspecified atom stereocenters. The molecule has 0 bridgehead atoms. The van der Waals surface area contributed by atoms with Crippen molar-refractivity contribution in [1.29, 1.82) is 0 Å². The molecule has 0 fully saturated rings. The van der Waals surface area contributed by atoms with Gasteiger partial charge >= 0.3 is 6.18 Å². The molecule has 0 amide bonds. The summed E-state index contributed by atoms with van der Waals surface area (Å²) in [5.41, 5.74) is 0.0623. The third-order valence-electron chi connectivity index (χ3n) is 3.23. The number of hydrogen-bond donors (Lipinski definition) is 0. The van der Waals surface area contributed by atoms with Gasteiger partial charge in [0.2, 0.25) is 11.8 Å². The van der Waals surface area contributed by atoms with E-state index in [1.165, 1.54) is 12.1 Å². The van der Waals surface area contributed by atoms with Gasteiger partial charge < -0.3 is 9.15 Å². The molecule has 0 saturated heterocycles. The molecule has 1 aromatic heterocycles. The van der Waals surface area contributed by atoms with Crippen molar-refractivity contribution in [2.45, 2.75) is 38.6 Å². The molecule has 2 rings (SSSR count). The van der Waals surface area contributed by atoms with Gasteiger partial charge in [-0.15, -0.1) is 10.2 Å². The fraction of sp³-hybridized carbons (Fsp3) is 0.467. The van der Waals surface area contributed by atoms with E-state index in [0.29, 0.717) is 45.6 Å². The van der Waals surface area contributed by atoms with E-state index in [4.69, 9.17) is 9.15 Å². The fourth-order valence-electron chi connectivity index (χ4n) is 1.88.